The predicted molar refractivity (Wildman–Crippen MR) is 67.2 cm³/mol. The summed E-state index contributed by atoms with van der Waals surface area (Å²) >= 11 is 1.71. The molecule has 82 valence electrons. The predicted octanol–water partition coefficient (Wildman–Crippen LogP) is 2.66. The molecular weight excluding hydrogens is 218 g/mol. The highest BCUT2D eigenvalue weighted by atomic mass is 32.2. The second kappa shape index (κ2) is 4.99. The lowest BCUT2D eigenvalue weighted by Gasteiger charge is -2.02. The molecule has 2 aromatic heterocycles. The van der Waals surface area contributed by atoms with Crippen molar-refractivity contribution in [1.29, 1.82) is 0 Å². The Labute approximate surface area is 99.1 Å². The van der Waals surface area contributed by atoms with E-state index in [0.717, 1.165) is 22.0 Å². The summed E-state index contributed by atoms with van der Waals surface area (Å²) in [5, 5.41) is 0. The molecule has 4 heteroatoms. The number of nitrogens with zero attached hydrogens (tertiary/aromatic N) is 2. The third-order valence-electron chi connectivity index (χ3n) is 2.09. The molecule has 2 N–H and O–H groups in total. The van der Waals surface area contributed by atoms with Gasteiger partial charge in [-0.25, -0.2) is 4.98 Å². The van der Waals surface area contributed by atoms with E-state index in [1.807, 2.05) is 37.3 Å². The van der Waals surface area contributed by atoms with Gasteiger partial charge in [0.25, 0.3) is 0 Å². The summed E-state index contributed by atoms with van der Waals surface area (Å²) in [5.74, 6) is 1.41. The Balaban J connectivity index is 1.99. The average Bonchev–Trinajstić information content (AvgIpc) is 2.28. The van der Waals surface area contributed by atoms with E-state index in [-0.39, 0.29) is 0 Å². The van der Waals surface area contributed by atoms with Crippen LogP contribution in [0.1, 0.15) is 11.4 Å². The van der Waals surface area contributed by atoms with E-state index in [2.05, 4.69) is 9.97 Å². The van der Waals surface area contributed by atoms with Crippen molar-refractivity contribution in [2.75, 3.05) is 5.73 Å². The van der Waals surface area contributed by atoms with Gasteiger partial charge in [-0.05, 0) is 31.2 Å². The summed E-state index contributed by atoms with van der Waals surface area (Å²) in [5.41, 5.74) is 7.66. The summed E-state index contributed by atoms with van der Waals surface area (Å²) in [6, 6.07) is 9.85. The Morgan fingerprint density at radius 2 is 2.12 bits per heavy atom. The third-order valence-corrected chi connectivity index (χ3v) is 3.11. The largest absolute Gasteiger partial charge is 0.384 e. The number of aryl methyl sites for hydroxylation is 1. The standard InChI is InChI=1S/C12H13N3S/c1-9-3-2-4-10(15-9)8-16-11-5-6-12(13)14-7-11/h2-7H,8H2,1H3,(H2,13,14). The smallest absolute Gasteiger partial charge is 0.123 e. The van der Waals surface area contributed by atoms with Crippen molar-refractivity contribution >= 4 is 17.6 Å². The van der Waals surface area contributed by atoms with Gasteiger partial charge >= 0.3 is 0 Å². The lowest BCUT2D eigenvalue weighted by Crippen LogP contribution is -1.90. The second-order valence-electron chi connectivity index (χ2n) is 3.48. The number of nitrogen functional groups attached to an aromatic ring is 1. The van der Waals surface area contributed by atoms with E-state index >= 15 is 0 Å². The fourth-order valence-corrected chi connectivity index (χ4v) is 2.08. The lowest BCUT2D eigenvalue weighted by molar-refractivity contribution is 1.10. The first-order valence-electron chi connectivity index (χ1n) is 5.01. The first-order chi connectivity index (χ1) is 7.74. The zero-order valence-electron chi connectivity index (χ0n) is 9.05. The maximum atomic E-state index is 5.52. The molecule has 0 spiro atoms. The van der Waals surface area contributed by atoms with Gasteiger partial charge < -0.3 is 5.73 Å². The number of nitrogens with two attached hydrogens (primary N) is 1. The number of pyridine rings is 2. The van der Waals surface area contributed by atoms with Gasteiger partial charge in [0.1, 0.15) is 5.82 Å². The molecule has 0 amide bonds. The molecule has 0 aliphatic rings. The highest BCUT2D eigenvalue weighted by Crippen LogP contribution is 2.21. The van der Waals surface area contributed by atoms with Crippen molar-refractivity contribution in [3.8, 4) is 0 Å². The minimum absolute atomic E-state index is 0.554. The van der Waals surface area contributed by atoms with Crippen LogP contribution in [-0.2, 0) is 5.75 Å². The highest BCUT2D eigenvalue weighted by Gasteiger charge is 1.98. The van der Waals surface area contributed by atoms with Crippen LogP contribution >= 0.6 is 11.8 Å². The molecule has 0 aliphatic carbocycles. The summed E-state index contributed by atoms with van der Waals surface area (Å²) in [6.07, 6.45) is 1.79. The van der Waals surface area contributed by atoms with Gasteiger partial charge in [-0.15, -0.1) is 11.8 Å². The van der Waals surface area contributed by atoms with Crippen LogP contribution in [0.3, 0.4) is 0 Å². The summed E-state index contributed by atoms with van der Waals surface area (Å²) in [4.78, 5) is 9.59. The third kappa shape index (κ3) is 2.97. The number of aromatic nitrogens is 2. The van der Waals surface area contributed by atoms with Gasteiger partial charge in [0.05, 0.1) is 5.69 Å². The zero-order chi connectivity index (χ0) is 11.4. The molecule has 0 saturated heterocycles. The molecule has 2 heterocycles. The average molecular weight is 231 g/mol. The van der Waals surface area contributed by atoms with E-state index < -0.39 is 0 Å². The van der Waals surface area contributed by atoms with Gasteiger partial charge in [-0.3, -0.25) is 4.98 Å². The number of rotatable bonds is 3. The number of thioether (sulfide) groups is 1. The van der Waals surface area contributed by atoms with Crippen molar-refractivity contribution in [3.05, 3.63) is 47.9 Å². The molecule has 0 aromatic carbocycles. The SMILES string of the molecule is Cc1cccc(CSc2ccc(N)nc2)n1. The molecule has 2 aromatic rings. The van der Waals surface area contributed by atoms with Crippen LogP contribution < -0.4 is 5.73 Å². The lowest BCUT2D eigenvalue weighted by atomic mass is 10.3. The quantitative estimate of drug-likeness (QED) is 0.825. The second-order valence-corrected chi connectivity index (χ2v) is 4.53. The topological polar surface area (TPSA) is 51.8 Å². The van der Waals surface area contributed by atoms with Crippen molar-refractivity contribution in [1.82, 2.24) is 9.97 Å². The summed E-state index contributed by atoms with van der Waals surface area (Å²) in [6.45, 7) is 2.00. The van der Waals surface area contributed by atoms with Crippen molar-refractivity contribution in [2.45, 2.75) is 17.6 Å². The normalized spacial score (nSPS) is 10.3. The Bertz CT molecular complexity index is 468. The maximum absolute atomic E-state index is 5.52. The Hall–Kier alpha value is -1.55. The molecule has 2 rings (SSSR count). The molecule has 3 nitrogen and oxygen atoms in total. The molecule has 0 saturated carbocycles. The van der Waals surface area contributed by atoms with Crippen LogP contribution in [0.25, 0.3) is 0 Å². The van der Waals surface area contributed by atoms with Crippen LogP contribution in [0.15, 0.2) is 41.4 Å². The van der Waals surface area contributed by atoms with E-state index in [0.29, 0.717) is 5.82 Å². The maximum Gasteiger partial charge on any atom is 0.123 e. The van der Waals surface area contributed by atoms with Crippen LogP contribution in [0.4, 0.5) is 5.82 Å². The van der Waals surface area contributed by atoms with Gasteiger partial charge in [0.15, 0.2) is 0 Å². The molecule has 16 heavy (non-hydrogen) atoms. The van der Waals surface area contributed by atoms with Crippen LogP contribution in [0.2, 0.25) is 0 Å². The summed E-state index contributed by atoms with van der Waals surface area (Å²) < 4.78 is 0. The number of anilines is 1. The zero-order valence-corrected chi connectivity index (χ0v) is 9.87. The number of hydrogen-bond acceptors (Lipinski definition) is 4. The van der Waals surface area contributed by atoms with Gasteiger partial charge in [-0.1, -0.05) is 6.07 Å². The van der Waals surface area contributed by atoms with Gasteiger partial charge in [0, 0.05) is 22.5 Å². The highest BCUT2D eigenvalue weighted by molar-refractivity contribution is 7.98. The molecule has 0 unspecified atom stereocenters. The fourth-order valence-electron chi connectivity index (χ4n) is 1.31. The number of hydrogen-bond donors (Lipinski definition) is 1. The van der Waals surface area contributed by atoms with Crippen molar-refractivity contribution in [2.24, 2.45) is 0 Å². The van der Waals surface area contributed by atoms with E-state index in [1.165, 1.54) is 0 Å². The van der Waals surface area contributed by atoms with E-state index in [4.69, 9.17) is 5.73 Å². The molecule has 0 fully saturated rings. The van der Waals surface area contributed by atoms with Crippen molar-refractivity contribution in [3.63, 3.8) is 0 Å². The first-order valence-corrected chi connectivity index (χ1v) is 5.99. The fraction of sp³-hybridized carbons (Fsp3) is 0.167. The monoisotopic (exact) mass is 231 g/mol. The van der Waals surface area contributed by atoms with Crippen LogP contribution in [0.5, 0.6) is 0 Å². The van der Waals surface area contributed by atoms with Crippen molar-refractivity contribution < 1.29 is 0 Å². The molecule has 0 radical (unpaired) electrons. The molecule has 0 atom stereocenters. The minimum atomic E-state index is 0.554. The Kier molecular flexibility index (Phi) is 3.41. The first kappa shape index (κ1) is 11.0. The van der Waals surface area contributed by atoms with E-state index in [9.17, 15) is 0 Å². The van der Waals surface area contributed by atoms with Crippen LogP contribution in [-0.4, -0.2) is 9.97 Å². The van der Waals surface area contributed by atoms with Gasteiger partial charge in [0.2, 0.25) is 0 Å². The Morgan fingerprint density at radius 3 is 2.81 bits per heavy atom. The van der Waals surface area contributed by atoms with Crippen LogP contribution in [0, 0.1) is 6.92 Å². The minimum Gasteiger partial charge on any atom is -0.384 e. The molecular formula is C12H13N3S. The molecule has 0 bridgehead atoms. The van der Waals surface area contributed by atoms with Gasteiger partial charge in [-0.2, -0.15) is 0 Å². The Morgan fingerprint density at radius 1 is 1.25 bits per heavy atom. The van der Waals surface area contributed by atoms with E-state index in [1.54, 1.807) is 18.0 Å². The summed E-state index contributed by atoms with van der Waals surface area (Å²) in [7, 11) is 0. The molecule has 0 aliphatic heterocycles.